The van der Waals surface area contributed by atoms with Crippen LogP contribution in [0.25, 0.3) is 0 Å². The minimum Gasteiger partial charge on any atom is -0.325 e. The highest BCUT2D eigenvalue weighted by Crippen LogP contribution is 2.28. The molecule has 0 aliphatic heterocycles. The van der Waals surface area contributed by atoms with Gasteiger partial charge in [-0.3, -0.25) is 9.59 Å². The van der Waals surface area contributed by atoms with Gasteiger partial charge in [-0.05, 0) is 71.8 Å². The van der Waals surface area contributed by atoms with E-state index in [2.05, 4.69) is 10.6 Å². The Morgan fingerprint density at radius 3 is 1.42 bits per heavy atom. The summed E-state index contributed by atoms with van der Waals surface area (Å²) in [6, 6.07) is 22.4. The van der Waals surface area contributed by atoms with E-state index in [1.165, 1.54) is 47.8 Å². The Balaban J connectivity index is 1.33. The van der Waals surface area contributed by atoms with E-state index < -0.39 is 9.84 Å². The fourth-order valence-electron chi connectivity index (χ4n) is 3.80. The number of thioether (sulfide) groups is 2. The van der Waals surface area contributed by atoms with Crippen LogP contribution in [0.2, 0.25) is 20.1 Å². The van der Waals surface area contributed by atoms with Crippen LogP contribution in [0.4, 0.5) is 11.4 Å². The number of hydrogen-bond donors (Lipinski definition) is 2. The highest BCUT2D eigenvalue weighted by Gasteiger charge is 2.19. The van der Waals surface area contributed by atoms with Crippen molar-refractivity contribution in [2.24, 2.45) is 0 Å². The third-order valence-corrected chi connectivity index (χ3v) is 10.8. The minimum absolute atomic E-state index is 0.00442. The van der Waals surface area contributed by atoms with E-state index in [0.717, 1.165) is 11.1 Å². The van der Waals surface area contributed by atoms with Gasteiger partial charge in [0.15, 0.2) is 0 Å². The third kappa shape index (κ3) is 9.81. The Morgan fingerprint density at radius 1 is 0.605 bits per heavy atom. The van der Waals surface area contributed by atoms with Gasteiger partial charge in [0.1, 0.15) is 0 Å². The Morgan fingerprint density at radius 2 is 1.02 bits per heavy atom. The number of anilines is 2. The molecule has 4 aromatic rings. The average molecular weight is 715 g/mol. The largest absolute Gasteiger partial charge is 0.325 e. The Labute approximate surface area is 278 Å². The summed E-state index contributed by atoms with van der Waals surface area (Å²) in [7, 11) is -3.94. The van der Waals surface area contributed by atoms with E-state index in [9.17, 15) is 18.0 Å². The first kappa shape index (κ1) is 33.5. The molecule has 43 heavy (non-hydrogen) atoms. The maximum Gasteiger partial charge on any atom is 0.234 e. The van der Waals surface area contributed by atoms with Gasteiger partial charge in [-0.2, -0.15) is 0 Å². The van der Waals surface area contributed by atoms with Gasteiger partial charge < -0.3 is 10.6 Å². The van der Waals surface area contributed by atoms with Crippen LogP contribution in [0.5, 0.6) is 0 Å². The van der Waals surface area contributed by atoms with E-state index in [-0.39, 0.29) is 33.1 Å². The van der Waals surface area contributed by atoms with Gasteiger partial charge in [0, 0.05) is 43.0 Å². The summed E-state index contributed by atoms with van der Waals surface area (Å²) in [6.45, 7) is 0. The second-order valence-corrected chi connectivity index (χ2v) is 14.7. The number of benzene rings is 4. The van der Waals surface area contributed by atoms with Crippen molar-refractivity contribution in [3.05, 3.63) is 116 Å². The Hall–Kier alpha value is -2.37. The van der Waals surface area contributed by atoms with Crippen molar-refractivity contribution in [1.82, 2.24) is 0 Å². The van der Waals surface area contributed by atoms with Crippen molar-refractivity contribution in [3.63, 3.8) is 0 Å². The summed E-state index contributed by atoms with van der Waals surface area (Å²) in [6.07, 6.45) is 0. The molecular weight excluding hydrogens is 690 g/mol. The minimum atomic E-state index is -3.94. The van der Waals surface area contributed by atoms with Gasteiger partial charge >= 0.3 is 0 Å². The maximum absolute atomic E-state index is 13.4. The summed E-state index contributed by atoms with van der Waals surface area (Å²) in [5.74, 6) is 0.738. The zero-order chi connectivity index (χ0) is 31.0. The van der Waals surface area contributed by atoms with E-state index in [0.29, 0.717) is 43.0 Å². The number of sulfone groups is 1. The zero-order valence-electron chi connectivity index (χ0n) is 22.3. The normalized spacial score (nSPS) is 11.3. The van der Waals surface area contributed by atoms with Crippen LogP contribution in [0.3, 0.4) is 0 Å². The second-order valence-electron chi connectivity index (χ2n) is 9.11. The zero-order valence-corrected chi connectivity index (χ0v) is 27.8. The quantitative estimate of drug-likeness (QED) is 0.152. The Bertz CT molecular complexity index is 1630. The molecule has 0 saturated carbocycles. The van der Waals surface area contributed by atoms with E-state index in [4.69, 9.17) is 46.4 Å². The third-order valence-electron chi connectivity index (χ3n) is 5.87. The summed E-state index contributed by atoms with van der Waals surface area (Å²) in [5, 5.41) is 7.61. The molecule has 0 saturated heterocycles. The Kier molecular flexibility index (Phi) is 12.1. The van der Waals surface area contributed by atoms with Gasteiger partial charge in [0.25, 0.3) is 0 Å². The SMILES string of the molecule is O=C(CSCc1ccc(Cl)cc1Cl)Nc1cccc(S(=O)(=O)c2cccc(NC(=O)CSCc3ccc(Cl)cc3Cl)c2)c1. The molecule has 0 aliphatic carbocycles. The van der Waals surface area contributed by atoms with Gasteiger partial charge in [-0.15, -0.1) is 23.5 Å². The highest BCUT2D eigenvalue weighted by molar-refractivity contribution is 7.99. The molecule has 2 amide bonds. The number of hydrogen-bond acceptors (Lipinski definition) is 6. The van der Waals surface area contributed by atoms with E-state index >= 15 is 0 Å². The van der Waals surface area contributed by atoms with Gasteiger partial charge in [-0.25, -0.2) is 8.42 Å². The molecule has 6 nitrogen and oxygen atoms in total. The molecule has 13 heteroatoms. The predicted octanol–water partition coefficient (Wildman–Crippen LogP) is 8.88. The number of amides is 2. The summed E-state index contributed by atoms with van der Waals surface area (Å²) in [4.78, 5) is 25.0. The van der Waals surface area contributed by atoms with Crippen molar-refractivity contribution < 1.29 is 18.0 Å². The molecule has 0 atom stereocenters. The molecule has 2 N–H and O–H groups in total. The molecule has 0 aliphatic rings. The summed E-state index contributed by atoms with van der Waals surface area (Å²) < 4.78 is 26.8. The lowest BCUT2D eigenvalue weighted by molar-refractivity contribution is -0.114. The highest BCUT2D eigenvalue weighted by atomic mass is 35.5. The van der Waals surface area contributed by atoms with E-state index in [1.54, 1.807) is 48.5 Å². The fraction of sp³-hybridized carbons (Fsp3) is 0.133. The summed E-state index contributed by atoms with van der Waals surface area (Å²) in [5.41, 5.74) is 2.41. The van der Waals surface area contributed by atoms with Crippen molar-refractivity contribution in [2.75, 3.05) is 22.1 Å². The number of halogens is 4. The molecule has 224 valence electrons. The monoisotopic (exact) mass is 712 g/mol. The van der Waals surface area contributed by atoms with Crippen LogP contribution in [0.15, 0.2) is 94.7 Å². The molecule has 0 fully saturated rings. The first-order chi connectivity index (χ1) is 20.5. The van der Waals surface area contributed by atoms with Crippen molar-refractivity contribution in [2.45, 2.75) is 21.3 Å². The van der Waals surface area contributed by atoms with Crippen molar-refractivity contribution in [1.29, 1.82) is 0 Å². The molecule has 4 rings (SSSR count). The summed E-state index contributed by atoms with van der Waals surface area (Å²) >= 11 is 27.0. The second kappa shape index (κ2) is 15.6. The number of nitrogens with one attached hydrogen (secondary N) is 2. The lowest BCUT2D eigenvalue weighted by Crippen LogP contribution is -2.15. The molecule has 0 heterocycles. The lowest BCUT2D eigenvalue weighted by Gasteiger charge is -2.11. The molecule has 0 unspecified atom stereocenters. The van der Waals surface area contributed by atoms with Crippen LogP contribution in [-0.2, 0) is 30.9 Å². The molecular formula is C30H24Cl4N2O4S3. The topological polar surface area (TPSA) is 92.3 Å². The van der Waals surface area contributed by atoms with Gasteiger partial charge in [-0.1, -0.05) is 70.7 Å². The molecule has 0 radical (unpaired) electrons. The smallest absolute Gasteiger partial charge is 0.234 e. The van der Waals surface area contributed by atoms with Crippen LogP contribution in [0.1, 0.15) is 11.1 Å². The lowest BCUT2D eigenvalue weighted by atomic mass is 10.2. The number of carbonyl (C=O) groups is 2. The molecule has 0 spiro atoms. The van der Waals surface area contributed by atoms with Crippen LogP contribution < -0.4 is 10.6 Å². The molecule has 0 bridgehead atoms. The van der Waals surface area contributed by atoms with Gasteiger partial charge in [0.2, 0.25) is 21.7 Å². The maximum atomic E-state index is 13.4. The fourth-order valence-corrected chi connectivity index (χ4v) is 7.92. The van der Waals surface area contributed by atoms with Crippen LogP contribution in [-0.4, -0.2) is 31.7 Å². The van der Waals surface area contributed by atoms with Crippen molar-refractivity contribution >= 4 is 103 Å². The average Bonchev–Trinajstić information content (AvgIpc) is 2.95. The standard InChI is InChI=1S/C30H24Cl4N2O4S3/c31-21-9-7-19(27(33)11-21)15-41-17-29(37)35-23-3-1-5-25(13-23)43(39,40)26-6-2-4-24(14-26)36-30(38)18-42-16-20-8-10-22(32)12-28(20)34/h1-14H,15-18H2,(H,35,37)(H,36,38). The first-order valence-electron chi connectivity index (χ1n) is 12.6. The van der Waals surface area contributed by atoms with Crippen molar-refractivity contribution in [3.8, 4) is 0 Å². The van der Waals surface area contributed by atoms with Gasteiger partial charge in [0.05, 0.1) is 21.3 Å². The van der Waals surface area contributed by atoms with Crippen LogP contribution in [0, 0.1) is 0 Å². The number of carbonyl (C=O) groups excluding carboxylic acids is 2. The molecule has 0 aromatic heterocycles. The first-order valence-corrected chi connectivity index (χ1v) is 17.9. The number of rotatable bonds is 12. The van der Waals surface area contributed by atoms with Crippen LogP contribution >= 0.6 is 69.9 Å². The predicted molar refractivity (Wildman–Crippen MR) is 181 cm³/mol. The molecule has 4 aromatic carbocycles. The van der Waals surface area contributed by atoms with E-state index in [1.807, 2.05) is 12.1 Å².